The van der Waals surface area contributed by atoms with Crippen LogP contribution < -0.4 is 0 Å². The first-order valence-corrected chi connectivity index (χ1v) is 8.63. The maximum atomic E-state index is 9.68. The van der Waals surface area contributed by atoms with Gasteiger partial charge in [-0.2, -0.15) is 0 Å². The van der Waals surface area contributed by atoms with Crippen LogP contribution in [0.2, 0.25) is 18.1 Å². The fourth-order valence-corrected chi connectivity index (χ4v) is 1.97. The lowest BCUT2D eigenvalue weighted by Crippen LogP contribution is -2.44. The van der Waals surface area contributed by atoms with Gasteiger partial charge in [0, 0.05) is 0 Å². The predicted molar refractivity (Wildman–Crippen MR) is 70.0 cm³/mol. The van der Waals surface area contributed by atoms with Crippen LogP contribution in [0.4, 0.5) is 0 Å². The van der Waals surface area contributed by atoms with Crippen molar-refractivity contribution in [3.8, 4) is 0 Å². The Morgan fingerprint density at radius 3 is 2.12 bits per heavy atom. The average Bonchev–Trinajstić information content (AvgIpc) is 2.12. The van der Waals surface area contributed by atoms with Gasteiger partial charge in [-0.3, -0.25) is 0 Å². The maximum Gasteiger partial charge on any atom is 0.192 e. The largest absolute Gasteiger partial charge is 0.414 e. The van der Waals surface area contributed by atoms with Gasteiger partial charge in [-0.1, -0.05) is 26.8 Å². The van der Waals surface area contributed by atoms with Crippen LogP contribution in [0.5, 0.6) is 0 Å². The second kappa shape index (κ2) is 5.96. The average molecular weight is 246 g/mol. The summed E-state index contributed by atoms with van der Waals surface area (Å²) in [7, 11) is -1.83. The van der Waals surface area contributed by atoms with E-state index in [1.165, 1.54) is 0 Å². The molecule has 0 unspecified atom stereocenters. The highest BCUT2D eigenvalue weighted by atomic mass is 28.4. The van der Waals surface area contributed by atoms with Crippen molar-refractivity contribution in [3.63, 3.8) is 0 Å². The number of aliphatic hydroxyl groups excluding tert-OH is 2. The molecule has 0 aromatic heterocycles. The highest BCUT2D eigenvalue weighted by Gasteiger charge is 2.37. The highest BCUT2D eigenvalue weighted by Crippen LogP contribution is 2.36. The van der Waals surface area contributed by atoms with Crippen LogP contribution in [-0.2, 0) is 4.43 Å². The molecular weight excluding hydrogens is 220 g/mol. The molecule has 0 aliphatic heterocycles. The summed E-state index contributed by atoms with van der Waals surface area (Å²) in [6.07, 6.45) is 0.386. The summed E-state index contributed by atoms with van der Waals surface area (Å²) >= 11 is 0. The Kier molecular flexibility index (Phi) is 5.90. The third kappa shape index (κ3) is 4.78. The molecule has 3 nitrogen and oxygen atoms in total. The Morgan fingerprint density at radius 1 is 1.25 bits per heavy atom. The van der Waals surface area contributed by atoms with Crippen LogP contribution in [0.25, 0.3) is 0 Å². The van der Waals surface area contributed by atoms with Gasteiger partial charge < -0.3 is 14.6 Å². The molecule has 0 aliphatic rings. The molecule has 0 saturated heterocycles. The Hall–Kier alpha value is -0.163. The van der Waals surface area contributed by atoms with Gasteiger partial charge in [0.1, 0.15) is 6.10 Å². The maximum absolute atomic E-state index is 9.68. The molecule has 0 aromatic carbocycles. The topological polar surface area (TPSA) is 49.7 Å². The molecule has 2 N–H and O–H groups in total. The summed E-state index contributed by atoms with van der Waals surface area (Å²) in [5.41, 5.74) is 0. The highest BCUT2D eigenvalue weighted by molar-refractivity contribution is 6.74. The van der Waals surface area contributed by atoms with E-state index in [0.29, 0.717) is 6.42 Å². The second-order valence-corrected chi connectivity index (χ2v) is 10.5. The van der Waals surface area contributed by atoms with Crippen molar-refractivity contribution < 1.29 is 14.6 Å². The predicted octanol–water partition coefficient (Wildman–Crippen LogP) is 2.31. The van der Waals surface area contributed by atoms with E-state index in [4.69, 9.17) is 4.43 Å². The lowest BCUT2D eigenvalue weighted by Gasteiger charge is -2.37. The van der Waals surface area contributed by atoms with Crippen LogP contribution in [0.3, 0.4) is 0 Å². The van der Waals surface area contributed by atoms with Crippen LogP contribution in [0, 0.1) is 0 Å². The molecule has 0 amide bonds. The number of hydrogen-bond acceptors (Lipinski definition) is 3. The van der Waals surface area contributed by atoms with E-state index in [9.17, 15) is 10.2 Å². The normalized spacial score (nSPS) is 16.9. The van der Waals surface area contributed by atoms with Gasteiger partial charge in [0.15, 0.2) is 8.32 Å². The standard InChI is InChI=1S/C12H26O3Si/c1-7-8-10(13)11(14)9-15-16(5,6)12(2,3)4/h7,10-11,13-14H,1,8-9H2,2-6H3/t10-,11+/m0/s1. The lowest BCUT2D eigenvalue weighted by molar-refractivity contribution is -0.00877. The molecule has 0 aromatic rings. The first kappa shape index (κ1) is 15.8. The summed E-state index contributed by atoms with van der Waals surface area (Å²) in [5, 5.41) is 19.3. The van der Waals surface area contributed by atoms with E-state index in [1.54, 1.807) is 6.08 Å². The summed E-state index contributed by atoms with van der Waals surface area (Å²) in [6.45, 7) is 14.4. The minimum absolute atomic E-state index is 0.121. The molecule has 0 fully saturated rings. The number of hydrogen-bond donors (Lipinski definition) is 2. The van der Waals surface area contributed by atoms with Crippen molar-refractivity contribution in [3.05, 3.63) is 12.7 Å². The van der Waals surface area contributed by atoms with Crippen LogP contribution in [0.1, 0.15) is 27.2 Å². The fourth-order valence-electron chi connectivity index (χ4n) is 0.949. The Labute approximate surface area is 100 Å². The zero-order chi connectivity index (χ0) is 13.0. The minimum Gasteiger partial charge on any atom is -0.414 e. The van der Waals surface area contributed by atoms with Crippen LogP contribution in [-0.4, -0.2) is 37.3 Å². The van der Waals surface area contributed by atoms with Gasteiger partial charge in [0.25, 0.3) is 0 Å². The van der Waals surface area contributed by atoms with Crippen molar-refractivity contribution in [1.82, 2.24) is 0 Å². The number of rotatable bonds is 6. The zero-order valence-corrected chi connectivity index (χ0v) is 12.2. The van der Waals surface area contributed by atoms with Crippen molar-refractivity contribution in [2.45, 2.75) is 57.5 Å². The first-order chi connectivity index (χ1) is 7.12. The first-order valence-electron chi connectivity index (χ1n) is 5.73. The quantitative estimate of drug-likeness (QED) is 0.558. The Morgan fingerprint density at radius 2 is 1.75 bits per heavy atom. The smallest absolute Gasteiger partial charge is 0.192 e. The van der Waals surface area contributed by atoms with Crippen molar-refractivity contribution in [2.75, 3.05) is 6.61 Å². The Bertz CT molecular complexity index is 221. The molecular formula is C12H26O3Si. The molecule has 0 rings (SSSR count). The molecule has 4 heteroatoms. The van der Waals surface area contributed by atoms with Gasteiger partial charge in [-0.15, -0.1) is 6.58 Å². The fraction of sp³-hybridized carbons (Fsp3) is 0.833. The van der Waals surface area contributed by atoms with Gasteiger partial charge in [-0.25, -0.2) is 0 Å². The third-order valence-corrected chi connectivity index (χ3v) is 7.77. The van der Waals surface area contributed by atoms with E-state index in [2.05, 4.69) is 40.4 Å². The second-order valence-electron chi connectivity index (χ2n) is 5.73. The third-order valence-electron chi connectivity index (χ3n) is 3.27. The summed E-state index contributed by atoms with van der Waals surface area (Å²) in [4.78, 5) is 0. The summed E-state index contributed by atoms with van der Waals surface area (Å²) in [5.74, 6) is 0. The monoisotopic (exact) mass is 246 g/mol. The molecule has 0 bridgehead atoms. The van der Waals surface area contributed by atoms with E-state index in [0.717, 1.165) is 0 Å². The van der Waals surface area contributed by atoms with Gasteiger partial charge in [-0.05, 0) is 24.6 Å². The minimum atomic E-state index is -1.83. The lowest BCUT2D eigenvalue weighted by atomic mass is 10.1. The van der Waals surface area contributed by atoms with Crippen LogP contribution >= 0.6 is 0 Å². The number of aliphatic hydroxyl groups is 2. The SMILES string of the molecule is C=CC[C@H](O)[C@H](O)CO[Si](C)(C)C(C)(C)C. The van der Waals surface area contributed by atoms with Crippen molar-refractivity contribution in [1.29, 1.82) is 0 Å². The zero-order valence-electron chi connectivity index (χ0n) is 11.2. The molecule has 16 heavy (non-hydrogen) atoms. The molecule has 0 saturated carbocycles. The summed E-state index contributed by atoms with van der Waals surface area (Å²) in [6, 6.07) is 0. The van der Waals surface area contributed by atoms with Crippen molar-refractivity contribution >= 4 is 8.32 Å². The van der Waals surface area contributed by atoms with E-state index in [-0.39, 0.29) is 11.6 Å². The van der Waals surface area contributed by atoms with Crippen LogP contribution in [0.15, 0.2) is 12.7 Å². The molecule has 0 spiro atoms. The molecule has 0 radical (unpaired) electrons. The van der Waals surface area contributed by atoms with E-state index >= 15 is 0 Å². The molecule has 0 aliphatic carbocycles. The molecule has 96 valence electrons. The molecule has 0 heterocycles. The molecule has 2 atom stereocenters. The van der Waals surface area contributed by atoms with Gasteiger partial charge >= 0.3 is 0 Å². The Balaban J connectivity index is 4.19. The van der Waals surface area contributed by atoms with Crippen molar-refractivity contribution in [2.24, 2.45) is 0 Å². The van der Waals surface area contributed by atoms with Gasteiger partial charge in [0.05, 0.1) is 12.7 Å². The van der Waals surface area contributed by atoms with Gasteiger partial charge in [0.2, 0.25) is 0 Å². The van der Waals surface area contributed by atoms with E-state index < -0.39 is 20.5 Å². The van der Waals surface area contributed by atoms with E-state index in [1.807, 2.05) is 0 Å². The summed E-state index contributed by atoms with van der Waals surface area (Å²) < 4.78 is 5.82.